The number of esters is 2. The molecule has 32 heavy (non-hydrogen) atoms. The Balaban J connectivity index is 1.62. The fourth-order valence-electron chi connectivity index (χ4n) is 3.62. The summed E-state index contributed by atoms with van der Waals surface area (Å²) in [5.41, 5.74) is 2.19. The van der Waals surface area contributed by atoms with Crippen molar-refractivity contribution >= 4 is 29.6 Å². The molecule has 0 radical (unpaired) electrons. The van der Waals surface area contributed by atoms with Crippen molar-refractivity contribution in [1.82, 2.24) is 10.1 Å². The summed E-state index contributed by atoms with van der Waals surface area (Å²) in [7, 11) is 0. The van der Waals surface area contributed by atoms with Gasteiger partial charge >= 0.3 is 11.9 Å². The number of carbonyl (C=O) groups is 3. The van der Waals surface area contributed by atoms with E-state index in [-0.39, 0.29) is 6.61 Å². The van der Waals surface area contributed by atoms with Gasteiger partial charge in [0, 0.05) is 22.8 Å². The molecule has 0 spiro atoms. The molecule has 1 unspecified atom stereocenters. The van der Waals surface area contributed by atoms with Crippen molar-refractivity contribution in [3.63, 3.8) is 0 Å². The number of carbonyl (C=O) groups excluding carboxylic acids is 3. The van der Waals surface area contributed by atoms with Gasteiger partial charge in [-0.05, 0) is 52.2 Å². The average molecular weight is 461 g/mol. The van der Waals surface area contributed by atoms with Gasteiger partial charge in [0.25, 0.3) is 5.91 Å². The van der Waals surface area contributed by atoms with Gasteiger partial charge in [-0.2, -0.15) is 0 Å². The van der Waals surface area contributed by atoms with Crippen molar-refractivity contribution in [3.05, 3.63) is 46.8 Å². The van der Waals surface area contributed by atoms with Crippen LogP contribution in [0.5, 0.6) is 0 Å². The number of ether oxygens (including phenoxy) is 2. The smallest absolute Gasteiger partial charge is 0.339 e. The number of aryl methyl sites for hydroxylation is 2. The minimum atomic E-state index is -0.618. The molecular formula is C23H28N2O6S. The zero-order valence-electron chi connectivity index (χ0n) is 18.6. The van der Waals surface area contributed by atoms with Crippen LogP contribution in [-0.2, 0) is 24.8 Å². The highest BCUT2D eigenvalue weighted by atomic mass is 32.2. The van der Waals surface area contributed by atoms with Gasteiger partial charge < -0.3 is 18.9 Å². The van der Waals surface area contributed by atoms with Gasteiger partial charge in [0.15, 0.2) is 6.61 Å². The third kappa shape index (κ3) is 5.70. The average Bonchev–Trinajstić information content (AvgIpc) is 3.13. The molecule has 9 heteroatoms. The van der Waals surface area contributed by atoms with Gasteiger partial charge in [-0.3, -0.25) is 4.79 Å². The van der Waals surface area contributed by atoms with Gasteiger partial charge in [0.05, 0.1) is 17.9 Å². The number of aromatic nitrogens is 1. The van der Waals surface area contributed by atoms with E-state index < -0.39 is 30.5 Å². The van der Waals surface area contributed by atoms with Crippen LogP contribution in [0.2, 0.25) is 0 Å². The van der Waals surface area contributed by atoms with E-state index in [9.17, 15) is 14.4 Å². The molecule has 1 atom stereocenters. The molecular weight excluding hydrogens is 432 g/mol. The van der Waals surface area contributed by atoms with Crippen LogP contribution in [0, 0.1) is 13.8 Å². The highest BCUT2D eigenvalue weighted by Gasteiger charge is 2.33. The lowest BCUT2D eigenvalue weighted by atomic mass is 10.0. The lowest BCUT2D eigenvalue weighted by molar-refractivity contribution is -0.157. The number of hydrogen-bond donors (Lipinski definition) is 0. The van der Waals surface area contributed by atoms with Crippen molar-refractivity contribution in [2.75, 3.05) is 19.8 Å². The molecule has 2 aromatic rings. The number of likely N-dealkylation sites (tertiary alicyclic amines) is 1. The summed E-state index contributed by atoms with van der Waals surface area (Å²) >= 11 is 1.48. The van der Waals surface area contributed by atoms with Crippen LogP contribution >= 0.6 is 11.8 Å². The van der Waals surface area contributed by atoms with Crippen molar-refractivity contribution in [1.29, 1.82) is 0 Å². The summed E-state index contributed by atoms with van der Waals surface area (Å²) in [6.07, 6.45) is 2.21. The number of piperidine rings is 1. The summed E-state index contributed by atoms with van der Waals surface area (Å²) in [5.74, 6) is -0.0347. The van der Waals surface area contributed by atoms with E-state index in [1.807, 2.05) is 26.0 Å². The molecule has 1 fully saturated rings. The van der Waals surface area contributed by atoms with Crippen LogP contribution in [0.4, 0.5) is 0 Å². The molecule has 1 saturated heterocycles. The van der Waals surface area contributed by atoms with Crippen molar-refractivity contribution < 1.29 is 28.4 Å². The zero-order chi connectivity index (χ0) is 23.1. The molecule has 172 valence electrons. The van der Waals surface area contributed by atoms with Crippen molar-refractivity contribution in [3.8, 4) is 0 Å². The fraction of sp³-hybridized carbons (Fsp3) is 0.478. The largest absolute Gasteiger partial charge is 0.464 e. The first-order valence-electron chi connectivity index (χ1n) is 10.7. The monoisotopic (exact) mass is 460 g/mol. The Morgan fingerprint density at radius 1 is 1.19 bits per heavy atom. The van der Waals surface area contributed by atoms with Gasteiger partial charge in [0.1, 0.15) is 11.8 Å². The topological polar surface area (TPSA) is 98.9 Å². The molecule has 1 amide bonds. The summed E-state index contributed by atoms with van der Waals surface area (Å²) < 4.78 is 15.6. The summed E-state index contributed by atoms with van der Waals surface area (Å²) in [6, 6.07) is 6.48. The highest BCUT2D eigenvalue weighted by Crippen LogP contribution is 2.29. The van der Waals surface area contributed by atoms with Crippen LogP contribution < -0.4 is 0 Å². The second-order valence-corrected chi connectivity index (χ2v) is 8.53. The number of hydrogen-bond acceptors (Lipinski definition) is 8. The first-order valence-corrected chi connectivity index (χ1v) is 11.7. The third-order valence-electron chi connectivity index (χ3n) is 5.37. The van der Waals surface area contributed by atoms with E-state index in [1.54, 1.807) is 19.1 Å². The molecule has 3 rings (SSSR count). The first-order chi connectivity index (χ1) is 15.4. The van der Waals surface area contributed by atoms with Gasteiger partial charge in [0.2, 0.25) is 0 Å². The Kier molecular flexibility index (Phi) is 8.33. The predicted octanol–water partition coefficient (Wildman–Crippen LogP) is 3.68. The molecule has 0 bridgehead atoms. The SMILES string of the molecule is CCOC(=O)C1CCCCN1C(=O)COC(=O)c1ccccc1SCc1c(C)noc1C. The molecule has 2 heterocycles. The summed E-state index contributed by atoms with van der Waals surface area (Å²) in [5, 5.41) is 3.95. The second-order valence-electron chi connectivity index (χ2n) is 7.51. The number of amides is 1. The Hall–Kier alpha value is -2.81. The minimum Gasteiger partial charge on any atom is -0.464 e. The molecule has 1 aliphatic rings. The fourth-order valence-corrected chi connectivity index (χ4v) is 4.81. The number of benzene rings is 1. The van der Waals surface area contributed by atoms with Crippen LogP contribution in [0.1, 0.15) is 53.6 Å². The number of rotatable bonds is 8. The maximum atomic E-state index is 12.7. The summed E-state index contributed by atoms with van der Waals surface area (Å²) in [6.45, 7) is 5.75. The van der Waals surface area contributed by atoms with E-state index in [0.29, 0.717) is 24.3 Å². The van der Waals surface area contributed by atoms with Gasteiger partial charge in [-0.15, -0.1) is 11.8 Å². The number of thioether (sulfide) groups is 1. The molecule has 1 aliphatic heterocycles. The van der Waals surface area contributed by atoms with E-state index in [1.165, 1.54) is 16.7 Å². The molecule has 8 nitrogen and oxygen atoms in total. The zero-order valence-corrected chi connectivity index (χ0v) is 19.4. The third-order valence-corrected chi connectivity index (χ3v) is 6.47. The van der Waals surface area contributed by atoms with Crippen molar-refractivity contribution in [2.45, 2.75) is 56.7 Å². The molecule has 1 aromatic heterocycles. The Bertz CT molecular complexity index is 954. The van der Waals surface area contributed by atoms with Gasteiger partial charge in [-0.1, -0.05) is 17.3 Å². The quantitative estimate of drug-likeness (QED) is 0.435. The second kappa shape index (κ2) is 11.2. The van der Waals surface area contributed by atoms with E-state index in [0.717, 1.165) is 34.8 Å². The molecule has 0 aliphatic carbocycles. The lowest BCUT2D eigenvalue weighted by Crippen LogP contribution is -2.50. The standard InChI is InChI=1S/C23H28N2O6S/c1-4-29-23(28)19-10-7-8-12-25(19)21(26)13-30-22(27)17-9-5-6-11-20(17)32-14-18-15(2)24-31-16(18)3/h5-6,9,11,19H,4,7-8,10,12-14H2,1-3H3. The van der Waals surface area contributed by atoms with E-state index >= 15 is 0 Å². The van der Waals surface area contributed by atoms with Gasteiger partial charge in [-0.25, -0.2) is 9.59 Å². The molecule has 0 N–H and O–H groups in total. The van der Waals surface area contributed by atoms with Crippen LogP contribution in [0.3, 0.4) is 0 Å². The van der Waals surface area contributed by atoms with Crippen LogP contribution in [0.15, 0.2) is 33.7 Å². The normalized spacial score (nSPS) is 16.0. The molecule has 0 saturated carbocycles. The Morgan fingerprint density at radius 3 is 2.69 bits per heavy atom. The Morgan fingerprint density at radius 2 is 1.97 bits per heavy atom. The van der Waals surface area contributed by atoms with Crippen LogP contribution in [0.25, 0.3) is 0 Å². The number of nitrogens with zero attached hydrogens (tertiary/aromatic N) is 2. The summed E-state index contributed by atoms with van der Waals surface area (Å²) in [4.78, 5) is 39.9. The maximum absolute atomic E-state index is 12.7. The Labute approximate surface area is 191 Å². The predicted molar refractivity (Wildman–Crippen MR) is 118 cm³/mol. The lowest BCUT2D eigenvalue weighted by Gasteiger charge is -2.33. The maximum Gasteiger partial charge on any atom is 0.339 e. The minimum absolute atomic E-state index is 0.259. The van der Waals surface area contributed by atoms with Crippen LogP contribution in [-0.4, -0.2) is 53.7 Å². The first kappa shape index (κ1) is 23.8. The van der Waals surface area contributed by atoms with Crippen molar-refractivity contribution in [2.24, 2.45) is 0 Å². The molecule has 1 aromatic carbocycles. The van der Waals surface area contributed by atoms with E-state index in [2.05, 4.69) is 5.16 Å². The highest BCUT2D eigenvalue weighted by molar-refractivity contribution is 7.98. The van der Waals surface area contributed by atoms with E-state index in [4.69, 9.17) is 14.0 Å².